The van der Waals surface area contributed by atoms with Gasteiger partial charge >= 0.3 is 0 Å². The van der Waals surface area contributed by atoms with E-state index in [4.69, 9.17) is 0 Å². The molecule has 0 aromatic heterocycles. The fraction of sp³-hybridized carbons (Fsp3) is 0.611. The van der Waals surface area contributed by atoms with Crippen LogP contribution in [0.3, 0.4) is 0 Å². The summed E-state index contributed by atoms with van der Waals surface area (Å²) >= 11 is 0. The van der Waals surface area contributed by atoms with Gasteiger partial charge in [-0.2, -0.15) is 0 Å². The van der Waals surface area contributed by atoms with Crippen molar-refractivity contribution >= 4 is 30.7 Å². The Bertz CT molecular complexity index is 580. The summed E-state index contributed by atoms with van der Waals surface area (Å²) in [4.78, 5) is 14.6. The first kappa shape index (κ1) is 23.1. The summed E-state index contributed by atoms with van der Waals surface area (Å²) in [6.07, 6.45) is 1.90. The second kappa shape index (κ2) is 9.83. The Balaban J connectivity index is 0.00000169. The average molecular weight is 410 g/mol. The third kappa shape index (κ3) is 5.78. The van der Waals surface area contributed by atoms with E-state index < -0.39 is 24.9 Å². The van der Waals surface area contributed by atoms with Gasteiger partial charge in [-0.3, -0.25) is 15.0 Å². The van der Waals surface area contributed by atoms with Crippen LogP contribution in [0.4, 0.5) is 8.78 Å². The molecule has 2 heterocycles. The lowest BCUT2D eigenvalue weighted by molar-refractivity contribution is -0.123. The number of amides is 1. The van der Waals surface area contributed by atoms with Crippen LogP contribution in [0, 0.1) is 6.92 Å². The Hall–Kier alpha value is -0.950. The van der Waals surface area contributed by atoms with Crippen molar-refractivity contribution in [2.75, 3.05) is 26.2 Å². The van der Waals surface area contributed by atoms with Crippen LogP contribution in [0.2, 0.25) is 0 Å². The van der Waals surface area contributed by atoms with Gasteiger partial charge in [-0.1, -0.05) is 29.8 Å². The molecule has 148 valence electrons. The second-order valence-electron chi connectivity index (χ2n) is 6.91. The maximum atomic E-state index is 13.3. The molecule has 2 atom stereocenters. The van der Waals surface area contributed by atoms with E-state index in [1.807, 2.05) is 6.92 Å². The lowest BCUT2D eigenvalue weighted by Gasteiger charge is -2.28. The van der Waals surface area contributed by atoms with Crippen LogP contribution >= 0.6 is 24.8 Å². The first-order valence-electron chi connectivity index (χ1n) is 8.64. The second-order valence-corrected chi connectivity index (χ2v) is 6.91. The minimum absolute atomic E-state index is 0. The van der Waals surface area contributed by atoms with Crippen molar-refractivity contribution in [2.24, 2.45) is 0 Å². The number of nitrogens with one attached hydrogen (secondary N) is 2. The van der Waals surface area contributed by atoms with Crippen LogP contribution in [-0.4, -0.2) is 49.0 Å². The van der Waals surface area contributed by atoms with E-state index in [1.165, 1.54) is 5.56 Å². The lowest BCUT2D eigenvalue weighted by atomic mass is 10.0. The molecule has 0 bridgehead atoms. The van der Waals surface area contributed by atoms with Crippen LogP contribution in [0.5, 0.6) is 0 Å². The van der Waals surface area contributed by atoms with Gasteiger partial charge in [0.25, 0.3) is 5.92 Å². The number of carbonyl (C=O) groups excluding carboxylic acids is 1. The Labute approximate surface area is 165 Å². The maximum Gasteiger partial charge on any atom is 0.262 e. The van der Waals surface area contributed by atoms with Crippen molar-refractivity contribution in [3.63, 3.8) is 0 Å². The van der Waals surface area contributed by atoms with Gasteiger partial charge in [0.2, 0.25) is 5.91 Å². The maximum absolute atomic E-state index is 13.3. The standard InChI is InChI=1S/C18H25F2N3O.2ClH/c1-13-4-6-14(7-5-13)16(23-8-2-3-9-23)11-21-17(24)15-10-18(19,20)12-22-15;;/h4-7,15-16,22H,2-3,8-12H2,1H3,(H,21,24);2*1H. The molecule has 0 spiro atoms. The highest BCUT2D eigenvalue weighted by atomic mass is 35.5. The summed E-state index contributed by atoms with van der Waals surface area (Å²) in [7, 11) is 0. The van der Waals surface area contributed by atoms with Crippen LogP contribution in [0.1, 0.15) is 36.4 Å². The number of halogens is 4. The predicted octanol–water partition coefficient (Wildman–Crippen LogP) is 3.09. The molecule has 2 aliphatic rings. The van der Waals surface area contributed by atoms with Gasteiger partial charge in [0.1, 0.15) is 0 Å². The fourth-order valence-corrected chi connectivity index (χ4v) is 3.52. The normalized spacial score (nSPS) is 23.0. The minimum atomic E-state index is -2.78. The zero-order valence-electron chi connectivity index (χ0n) is 14.8. The number of alkyl halides is 2. The topological polar surface area (TPSA) is 44.4 Å². The third-order valence-corrected chi connectivity index (χ3v) is 4.94. The molecule has 0 radical (unpaired) electrons. The molecule has 3 rings (SSSR count). The monoisotopic (exact) mass is 409 g/mol. The highest BCUT2D eigenvalue weighted by Crippen LogP contribution is 2.27. The number of likely N-dealkylation sites (tertiary alicyclic amines) is 1. The zero-order valence-corrected chi connectivity index (χ0v) is 16.5. The SMILES string of the molecule is Cc1ccc(C(CNC(=O)C2CC(F)(F)CN2)N2CCCC2)cc1.Cl.Cl. The summed E-state index contributed by atoms with van der Waals surface area (Å²) in [6.45, 7) is 4.09. The third-order valence-electron chi connectivity index (χ3n) is 4.94. The molecule has 0 aliphatic carbocycles. The molecule has 1 aromatic carbocycles. The van der Waals surface area contributed by atoms with Crippen molar-refractivity contribution < 1.29 is 13.6 Å². The van der Waals surface area contributed by atoms with E-state index in [0.717, 1.165) is 31.5 Å². The number of rotatable bonds is 5. The number of nitrogens with zero attached hydrogens (tertiary/aromatic N) is 1. The zero-order chi connectivity index (χ0) is 17.2. The highest BCUT2D eigenvalue weighted by Gasteiger charge is 2.42. The number of hydrogen-bond donors (Lipinski definition) is 2. The number of carbonyl (C=O) groups is 1. The van der Waals surface area contributed by atoms with E-state index in [9.17, 15) is 13.6 Å². The van der Waals surface area contributed by atoms with Crippen LogP contribution in [0.25, 0.3) is 0 Å². The first-order valence-corrected chi connectivity index (χ1v) is 8.64. The molecule has 0 saturated carbocycles. The summed E-state index contributed by atoms with van der Waals surface area (Å²) in [5.41, 5.74) is 2.35. The van der Waals surface area contributed by atoms with Crippen molar-refractivity contribution in [2.45, 2.75) is 44.2 Å². The van der Waals surface area contributed by atoms with E-state index in [-0.39, 0.29) is 36.8 Å². The largest absolute Gasteiger partial charge is 0.353 e. The summed E-state index contributed by atoms with van der Waals surface area (Å²) in [5, 5.41) is 5.49. The number of aryl methyl sites for hydroxylation is 1. The van der Waals surface area contributed by atoms with Gasteiger partial charge in [0.05, 0.1) is 18.6 Å². The summed E-state index contributed by atoms with van der Waals surface area (Å²) in [6, 6.07) is 7.62. The predicted molar refractivity (Wildman–Crippen MR) is 104 cm³/mol. The van der Waals surface area contributed by atoms with E-state index in [1.54, 1.807) is 0 Å². The highest BCUT2D eigenvalue weighted by molar-refractivity contribution is 5.85. The molecule has 26 heavy (non-hydrogen) atoms. The Morgan fingerprint density at radius 3 is 2.42 bits per heavy atom. The van der Waals surface area contributed by atoms with E-state index >= 15 is 0 Å². The molecule has 1 aromatic rings. The molecule has 2 saturated heterocycles. The van der Waals surface area contributed by atoms with Gasteiger partial charge in [0, 0.05) is 13.0 Å². The minimum Gasteiger partial charge on any atom is -0.353 e. The van der Waals surface area contributed by atoms with Crippen LogP contribution in [-0.2, 0) is 4.79 Å². The Morgan fingerprint density at radius 1 is 1.27 bits per heavy atom. The fourth-order valence-electron chi connectivity index (χ4n) is 3.52. The average Bonchev–Trinajstić information content (AvgIpc) is 3.18. The molecular formula is C18H27Cl2F2N3O. The van der Waals surface area contributed by atoms with Crippen molar-refractivity contribution in [1.82, 2.24) is 15.5 Å². The van der Waals surface area contributed by atoms with Gasteiger partial charge in [0.15, 0.2) is 0 Å². The molecule has 2 unspecified atom stereocenters. The molecule has 2 N–H and O–H groups in total. The summed E-state index contributed by atoms with van der Waals surface area (Å²) in [5.74, 6) is -3.11. The van der Waals surface area contributed by atoms with E-state index in [0.29, 0.717) is 6.54 Å². The smallest absolute Gasteiger partial charge is 0.262 e. The van der Waals surface area contributed by atoms with E-state index in [2.05, 4.69) is 39.8 Å². The van der Waals surface area contributed by atoms with Crippen LogP contribution < -0.4 is 10.6 Å². The summed E-state index contributed by atoms with van der Waals surface area (Å²) < 4.78 is 26.5. The van der Waals surface area contributed by atoms with Crippen molar-refractivity contribution in [3.8, 4) is 0 Å². The molecular weight excluding hydrogens is 383 g/mol. The molecule has 8 heteroatoms. The van der Waals surface area contributed by atoms with Crippen LogP contribution in [0.15, 0.2) is 24.3 Å². The molecule has 2 fully saturated rings. The lowest BCUT2D eigenvalue weighted by Crippen LogP contribution is -2.44. The molecule has 2 aliphatic heterocycles. The quantitative estimate of drug-likeness (QED) is 0.784. The first-order chi connectivity index (χ1) is 11.4. The van der Waals surface area contributed by atoms with Gasteiger partial charge in [-0.15, -0.1) is 24.8 Å². The van der Waals surface area contributed by atoms with Gasteiger partial charge in [-0.05, 0) is 38.4 Å². The van der Waals surface area contributed by atoms with Crippen molar-refractivity contribution in [3.05, 3.63) is 35.4 Å². The van der Waals surface area contributed by atoms with Gasteiger partial charge in [-0.25, -0.2) is 8.78 Å². The van der Waals surface area contributed by atoms with Crippen molar-refractivity contribution in [1.29, 1.82) is 0 Å². The molecule has 4 nitrogen and oxygen atoms in total. The molecule has 1 amide bonds. The number of benzene rings is 1. The Kier molecular flexibility index (Phi) is 8.73. The Morgan fingerprint density at radius 2 is 1.88 bits per heavy atom. The van der Waals surface area contributed by atoms with Gasteiger partial charge < -0.3 is 5.32 Å². The number of hydrogen-bond acceptors (Lipinski definition) is 3.